The first-order chi connectivity index (χ1) is 10.9. The van der Waals surface area contributed by atoms with Crippen molar-refractivity contribution in [1.29, 1.82) is 0 Å². The summed E-state index contributed by atoms with van der Waals surface area (Å²) in [6.45, 7) is 0.223. The van der Waals surface area contributed by atoms with Crippen molar-refractivity contribution < 1.29 is 18.0 Å². The minimum absolute atomic E-state index is 0.0512. The van der Waals surface area contributed by atoms with Gasteiger partial charge in [-0.25, -0.2) is 13.2 Å². The number of carbonyl (C=O) groups excluding carboxylic acids is 1. The molecule has 1 aromatic heterocycles. The van der Waals surface area contributed by atoms with Crippen molar-refractivity contribution in [1.82, 2.24) is 15.2 Å². The smallest absolute Gasteiger partial charge is 0.260 e. The summed E-state index contributed by atoms with van der Waals surface area (Å²) in [4.78, 5) is 17.6. The molecule has 0 radical (unpaired) electrons. The summed E-state index contributed by atoms with van der Waals surface area (Å²) < 4.78 is 40.2. The highest BCUT2D eigenvalue weighted by Crippen LogP contribution is 2.25. The summed E-state index contributed by atoms with van der Waals surface area (Å²) in [5, 5.41) is 3.12. The fraction of sp³-hybridized carbons (Fsp3) is 0.375. The van der Waals surface area contributed by atoms with E-state index in [1.807, 2.05) is 0 Å². The first-order valence-electron chi connectivity index (χ1n) is 7.37. The monoisotopic (exact) mass is 323 g/mol. The predicted octanol–water partition coefficient (Wildman–Crippen LogP) is 2.79. The van der Waals surface area contributed by atoms with E-state index in [-0.39, 0.29) is 30.7 Å². The zero-order valence-corrected chi connectivity index (χ0v) is 12.4. The van der Waals surface area contributed by atoms with Crippen LogP contribution in [0.15, 0.2) is 30.5 Å². The molecular weight excluding hydrogens is 307 g/mol. The number of fused-ring (bicyclic) bond motifs is 1. The Hall–Kier alpha value is -2.15. The topological polar surface area (TPSA) is 45.2 Å². The fourth-order valence-electron chi connectivity index (χ4n) is 2.71. The number of alkyl halides is 2. The molecule has 0 saturated carbocycles. The van der Waals surface area contributed by atoms with Gasteiger partial charge < -0.3 is 5.32 Å². The number of amides is 1. The summed E-state index contributed by atoms with van der Waals surface area (Å²) in [6.07, 6.45) is 1.57. The highest BCUT2D eigenvalue weighted by atomic mass is 19.3. The van der Waals surface area contributed by atoms with Crippen LogP contribution in [-0.4, -0.2) is 41.5 Å². The van der Waals surface area contributed by atoms with Gasteiger partial charge in [0.2, 0.25) is 0 Å². The molecule has 1 aliphatic heterocycles. The van der Waals surface area contributed by atoms with Gasteiger partial charge in [0.1, 0.15) is 11.3 Å². The SMILES string of the molecule is O=C(NCN1CCCC(F)(F)C1)c1cnc2c(F)cccc2c1. The minimum atomic E-state index is -2.70. The summed E-state index contributed by atoms with van der Waals surface area (Å²) >= 11 is 0. The molecule has 0 atom stereocenters. The highest BCUT2D eigenvalue weighted by molar-refractivity contribution is 5.97. The second kappa shape index (κ2) is 6.16. The Bertz CT molecular complexity index is 736. The van der Waals surface area contributed by atoms with E-state index < -0.39 is 17.6 Å². The molecule has 1 fully saturated rings. The molecule has 2 aromatic rings. The van der Waals surface area contributed by atoms with Crippen molar-refractivity contribution >= 4 is 16.8 Å². The lowest BCUT2D eigenvalue weighted by molar-refractivity contribution is -0.0650. The van der Waals surface area contributed by atoms with Crippen LogP contribution in [-0.2, 0) is 0 Å². The van der Waals surface area contributed by atoms with Gasteiger partial charge in [0.15, 0.2) is 0 Å². The van der Waals surface area contributed by atoms with Crippen LogP contribution in [0.2, 0.25) is 0 Å². The van der Waals surface area contributed by atoms with E-state index in [0.717, 1.165) is 0 Å². The molecule has 122 valence electrons. The molecule has 2 heterocycles. The molecule has 0 bridgehead atoms. The summed E-state index contributed by atoms with van der Waals surface area (Å²) in [5.41, 5.74) is 0.464. The Labute approximate surface area is 131 Å². The Morgan fingerprint density at radius 1 is 1.39 bits per heavy atom. The van der Waals surface area contributed by atoms with E-state index in [4.69, 9.17) is 0 Å². The highest BCUT2D eigenvalue weighted by Gasteiger charge is 2.34. The molecule has 1 saturated heterocycles. The number of pyridine rings is 1. The number of halogens is 3. The van der Waals surface area contributed by atoms with Gasteiger partial charge in [-0.2, -0.15) is 0 Å². The van der Waals surface area contributed by atoms with Crippen LogP contribution < -0.4 is 5.32 Å². The zero-order chi connectivity index (χ0) is 16.4. The maximum Gasteiger partial charge on any atom is 0.260 e. The quantitative estimate of drug-likeness (QED) is 0.945. The maximum atomic E-state index is 13.5. The number of hydrogen-bond acceptors (Lipinski definition) is 3. The number of nitrogens with zero attached hydrogens (tertiary/aromatic N) is 2. The number of aromatic nitrogens is 1. The van der Waals surface area contributed by atoms with Gasteiger partial charge in [-0.05, 0) is 18.6 Å². The summed E-state index contributed by atoms with van der Waals surface area (Å²) in [7, 11) is 0. The lowest BCUT2D eigenvalue weighted by Crippen LogP contribution is -2.47. The average Bonchev–Trinajstić information content (AvgIpc) is 2.51. The van der Waals surface area contributed by atoms with E-state index in [0.29, 0.717) is 18.4 Å². The maximum absolute atomic E-state index is 13.5. The predicted molar refractivity (Wildman–Crippen MR) is 79.8 cm³/mol. The van der Waals surface area contributed by atoms with Crippen molar-refractivity contribution in [3.05, 3.63) is 41.8 Å². The largest absolute Gasteiger partial charge is 0.339 e. The second-order valence-corrected chi connectivity index (χ2v) is 5.71. The van der Waals surface area contributed by atoms with Gasteiger partial charge in [0, 0.05) is 24.5 Å². The first-order valence-corrected chi connectivity index (χ1v) is 7.37. The van der Waals surface area contributed by atoms with Gasteiger partial charge >= 0.3 is 0 Å². The minimum Gasteiger partial charge on any atom is -0.339 e. The zero-order valence-electron chi connectivity index (χ0n) is 12.4. The molecule has 7 heteroatoms. The van der Waals surface area contributed by atoms with Crippen LogP contribution in [0.4, 0.5) is 13.2 Å². The third kappa shape index (κ3) is 3.61. The van der Waals surface area contributed by atoms with E-state index in [2.05, 4.69) is 10.3 Å². The Kier molecular flexibility index (Phi) is 4.21. The van der Waals surface area contributed by atoms with E-state index in [1.165, 1.54) is 29.3 Å². The average molecular weight is 323 g/mol. The van der Waals surface area contributed by atoms with Crippen molar-refractivity contribution in [2.75, 3.05) is 19.8 Å². The molecule has 3 rings (SSSR count). The lowest BCUT2D eigenvalue weighted by Gasteiger charge is -2.32. The summed E-state index contributed by atoms with van der Waals surface area (Å²) in [6, 6.07) is 6.03. The number of benzene rings is 1. The van der Waals surface area contributed by atoms with Crippen LogP contribution in [0.25, 0.3) is 10.9 Å². The molecule has 0 unspecified atom stereocenters. The Morgan fingerprint density at radius 2 is 2.22 bits per heavy atom. The molecule has 0 spiro atoms. The van der Waals surface area contributed by atoms with Gasteiger partial charge in [0.05, 0.1) is 18.8 Å². The van der Waals surface area contributed by atoms with Crippen molar-refractivity contribution in [3.8, 4) is 0 Å². The number of carbonyl (C=O) groups is 1. The first kappa shape index (κ1) is 15.7. The molecular formula is C16H16F3N3O. The second-order valence-electron chi connectivity index (χ2n) is 5.71. The van der Waals surface area contributed by atoms with Crippen LogP contribution in [0.3, 0.4) is 0 Å². The van der Waals surface area contributed by atoms with Crippen LogP contribution in [0, 0.1) is 5.82 Å². The number of rotatable bonds is 3. The molecule has 0 aliphatic carbocycles. The summed E-state index contributed by atoms with van der Waals surface area (Å²) in [5.74, 6) is -3.58. The Balaban J connectivity index is 1.66. The standard InChI is InChI=1S/C16H16F3N3O/c17-13-4-1-3-11-7-12(8-20-14(11)13)15(23)21-10-22-6-2-5-16(18,19)9-22/h1,3-4,7-8H,2,5-6,9-10H2,(H,21,23). The van der Waals surface area contributed by atoms with Crippen LogP contribution in [0.5, 0.6) is 0 Å². The fourth-order valence-corrected chi connectivity index (χ4v) is 2.71. The van der Waals surface area contributed by atoms with Gasteiger partial charge in [0.25, 0.3) is 11.8 Å². The van der Waals surface area contributed by atoms with E-state index in [9.17, 15) is 18.0 Å². The van der Waals surface area contributed by atoms with Crippen LogP contribution >= 0.6 is 0 Å². The number of hydrogen-bond donors (Lipinski definition) is 1. The van der Waals surface area contributed by atoms with Gasteiger partial charge in [-0.1, -0.05) is 12.1 Å². The molecule has 1 aromatic carbocycles. The molecule has 23 heavy (non-hydrogen) atoms. The Morgan fingerprint density at radius 3 is 3.00 bits per heavy atom. The van der Waals surface area contributed by atoms with Crippen molar-refractivity contribution in [2.24, 2.45) is 0 Å². The van der Waals surface area contributed by atoms with E-state index in [1.54, 1.807) is 6.07 Å². The van der Waals surface area contributed by atoms with Gasteiger partial charge in [-0.15, -0.1) is 0 Å². The normalized spacial score (nSPS) is 18.0. The third-order valence-electron chi connectivity index (χ3n) is 3.86. The number of para-hydroxylation sites is 1. The van der Waals surface area contributed by atoms with Crippen LogP contribution in [0.1, 0.15) is 23.2 Å². The van der Waals surface area contributed by atoms with Gasteiger partial charge in [-0.3, -0.25) is 14.7 Å². The van der Waals surface area contributed by atoms with E-state index >= 15 is 0 Å². The molecule has 1 amide bonds. The molecule has 4 nitrogen and oxygen atoms in total. The van der Waals surface area contributed by atoms with Crippen molar-refractivity contribution in [3.63, 3.8) is 0 Å². The number of nitrogens with one attached hydrogen (secondary N) is 1. The lowest BCUT2D eigenvalue weighted by atomic mass is 10.1. The molecule has 1 N–H and O–H groups in total. The number of likely N-dealkylation sites (tertiary alicyclic amines) is 1. The molecule has 1 aliphatic rings. The number of piperidine rings is 1. The third-order valence-corrected chi connectivity index (χ3v) is 3.86. The van der Waals surface area contributed by atoms with Crippen molar-refractivity contribution in [2.45, 2.75) is 18.8 Å².